The van der Waals surface area contributed by atoms with E-state index in [1.54, 1.807) is 4.52 Å². The third-order valence-electron chi connectivity index (χ3n) is 3.00. The minimum Gasteiger partial charge on any atom is -0.349 e. The summed E-state index contributed by atoms with van der Waals surface area (Å²) in [5.41, 5.74) is 3.13. The van der Waals surface area contributed by atoms with Crippen LogP contribution in [0.3, 0.4) is 0 Å². The molecule has 0 atom stereocenters. The summed E-state index contributed by atoms with van der Waals surface area (Å²) in [5, 5.41) is 12.0. The largest absolute Gasteiger partial charge is 0.349 e. The van der Waals surface area contributed by atoms with E-state index in [9.17, 15) is 0 Å². The second kappa shape index (κ2) is 4.72. The van der Waals surface area contributed by atoms with Crippen LogP contribution in [-0.2, 0) is 20.0 Å². The van der Waals surface area contributed by atoms with Crippen LogP contribution in [0.25, 0.3) is 5.65 Å². The Hall–Kier alpha value is -2.37. The molecular weight excluding hydrogens is 240 g/mol. The van der Waals surface area contributed by atoms with Crippen molar-refractivity contribution in [2.24, 2.45) is 7.05 Å². The third-order valence-corrected chi connectivity index (χ3v) is 3.00. The fourth-order valence-electron chi connectivity index (χ4n) is 2.11. The molecule has 3 rings (SSSR count). The van der Waals surface area contributed by atoms with Crippen LogP contribution in [0, 0.1) is 0 Å². The van der Waals surface area contributed by atoms with E-state index in [4.69, 9.17) is 0 Å². The van der Waals surface area contributed by atoms with E-state index in [0.29, 0.717) is 12.5 Å². The number of hydrogen-bond donors (Lipinski definition) is 1. The number of anilines is 1. The molecule has 0 radical (unpaired) electrons. The first-order chi connectivity index (χ1) is 9.26. The maximum absolute atomic E-state index is 4.41. The number of fused-ring (bicyclic) bond motifs is 1. The molecule has 0 saturated carbocycles. The topological polar surface area (TPSA) is 60.0 Å². The Morgan fingerprint density at radius 2 is 2.16 bits per heavy atom. The molecule has 0 unspecified atom stereocenters. The van der Waals surface area contributed by atoms with Crippen LogP contribution < -0.4 is 5.32 Å². The van der Waals surface area contributed by atoms with Crippen molar-refractivity contribution in [2.45, 2.75) is 19.9 Å². The quantitative estimate of drug-likeness (QED) is 0.771. The van der Waals surface area contributed by atoms with Gasteiger partial charge in [-0.3, -0.25) is 4.68 Å². The van der Waals surface area contributed by atoms with Crippen LogP contribution >= 0.6 is 0 Å². The van der Waals surface area contributed by atoms with Crippen molar-refractivity contribution in [1.82, 2.24) is 24.4 Å². The van der Waals surface area contributed by atoms with Crippen LogP contribution in [0.4, 0.5) is 5.95 Å². The van der Waals surface area contributed by atoms with Gasteiger partial charge in [0.15, 0.2) is 5.65 Å². The average molecular weight is 256 g/mol. The van der Waals surface area contributed by atoms with Gasteiger partial charge in [0.1, 0.15) is 0 Å². The summed E-state index contributed by atoms with van der Waals surface area (Å²) in [6, 6.07) is 5.81. The molecule has 3 heterocycles. The van der Waals surface area contributed by atoms with Gasteiger partial charge in [0.05, 0.1) is 5.69 Å². The van der Waals surface area contributed by atoms with Gasteiger partial charge in [0.2, 0.25) is 5.95 Å². The molecule has 0 bridgehead atoms. The van der Waals surface area contributed by atoms with Crippen molar-refractivity contribution in [2.75, 3.05) is 5.32 Å². The van der Waals surface area contributed by atoms with Crippen LogP contribution in [0.2, 0.25) is 0 Å². The minimum atomic E-state index is 0.636. The zero-order valence-electron chi connectivity index (χ0n) is 11.0. The fraction of sp³-hybridized carbons (Fsp3) is 0.308. The smallest absolute Gasteiger partial charge is 0.243 e. The minimum absolute atomic E-state index is 0.636. The predicted octanol–water partition coefficient (Wildman–Crippen LogP) is 1.64. The lowest BCUT2D eigenvalue weighted by Gasteiger charge is -2.00. The van der Waals surface area contributed by atoms with Crippen LogP contribution in [-0.4, -0.2) is 24.4 Å². The molecule has 0 amide bonds. The zero-order valence-corrected chi connectivity index (χ0v) is 11.0. The third kappa shape index (κ3) is 2.29. The Morgan fingerprint density at radius 3 is 2.95 bits per heavy atom. The second-order valence-electron chi connectivity index (χ2n) is 4.42. The molecule has 1 N–H and O–H groups in total. The Bertz CT molecular complexity index is 663. The number of aryl methyl sites for hydroxylation is 2. The first-order valence-corrected chi connectivity index (χ1v) is 6.33. The van der Waals surface area contributed by atoms with Crippen LogP contribution in [0.5, 0.6) is 0 Å². The summed E-state index contributed by atoms with van der Waals surface area (Å²) >= 11 is 0. The van der Waals surface area contributed by atoms with Gasteiger partial charge in [-0.1, -0.05) is 13.0 Å². The molecule has 0 spiro atoms. The van der Waals surface area contributed by atoms with Crippen LogP contribution in [0.1, 0.15) is 18.2 Å². The maximum atomic E-state index is 4.41. The van der Waals surface area contributed by atoms with Gasteiger partial charge >= 0.3 is 0 Å². The lowest BCUT2D eigenvalue weighted by Crippen LogP contribution is -2.02. The van der Waals surface area contributed by atoms with Crippen molar-refractivity contribution in [1.29, 1.82) is 0 Å². The van der Waals surface area contributed by atoms with Gasteiger partial charge in [0.25, 0.3) is 0 Å². The molecule has 0 aromatic carbocycles. The van der Waals surface area contributed by atoms with E-state index >= 15 is 0 Å². The zero-order chi connectivity index (χ0) is 13.2. The fourth-order valence-corrected chi connectivity index (χ4v) is 2.11. The first kappa shape index (κ1) is 11.7. The van der Waals surface area contributed by atoms with E-state index < -0.39 is 0 Å². The van der Waals surface area contributed by atoms with E-state index in [2.05, 4.69) is 27.4 Å². The molecule has 0 fully saturated rings. The van der Waals surface area contributed by atoms with Crippen molar-refractivity contribution >= 4 is 11.6 Å². The highest BCUT2D eigenvalue weighted by molar-refractivity contribution is 5.43. The normalized spacial score (nSPS) is 11.1. The molecule has 0 aliphatic heterocycles. The number of pyridine rings is 1. The van der Waals surface area contributed by atoms with Crippen molar-refractivity contribution in [3.8, 4) is 0 Å². The maximum Gasteiger partial charge on any atom is 0.243 e. The highest BCUT2D eigenvalue weighted by atomic mass is 15.3. The van der Waals surface area contributed by atoms with Crippen molar-refractivity contribution in [3.63, 3.8) is 0 Å². The molecular formula is C13H16N6. The predicted molar refractivity (Wildman–Crippen MR) is 72.9 cm³/mol. The SMILES string of the molecule is CCc1nn(C)cc1CNc1nc2ccccn2n1. The second-order valence-corrected chi connectivity index (χ2v) is 4.42. The Labute approximate surface area is 111 Å². The van der Waals surface area contributed by atoms with Gasteiger partial charge in [-0.05, 0) is 18.6 Å². The van der Waals surface area contributed by atoms with Gasteiger partial charge in [-0.25, -0.2) is 4.52 Å². The number of hydrogen-bond acceptors (Lipinski definition) is 4. The molecule has 98 valence electrons. The number of rotatable bonds is 4. The molecule has 6 heteroatoms. The molecule has 6 nitrogen and oxygen atoms in total. The number of aromatic nitrogens is 5. The van der Waals surface area contributed by atoms with Gasteiger partial charge in [-0.15, -0.1) is 5.10 Å². The van der Waals surface area contributed by atoms with Crippen molar-refractivity contribution in [3.05, 3.63) is 41.9 Å². The average Bonchev–Trinajstić information content (AvgIpc) is 2.98. The van der Waals surface area contributed by atoms with Gasteiger partial charge in [-0.2, -0.15) is 10.1 Å². The highest BCUT2D eigenvalue weighted by Gasteiger charge is 2.07. The summed E-state index contributed by atoms with van der Waals surface area (Å²) in [6.07, 6.45) is 4.84. The van der Waals surface area contributed by atoms with E-state index in [1.807, 2.05) is 42.3 Å². The molecule has 3 aromatic heterocycles. The van der Waals surface area contributed by atoms with Gasteiger partial charge in [0, 0.05) is 31.5 Å². The lowest BCUT2D eigenvalue weighted by molar-refractivity contribution is 0.746. The summed E-state index contributed by atoms with van der Waals surface area (Å²) in [5.74, 6) is 0.636. The van der Waals surface area contributed by atoms with E-state index in [-0.39, 0.29) is 0 Å². The molecule has 3 aromatic rings. The Balaban J connectivity index is 1.78. The number of nitrogens with one attached hydrogen (secondary N) is 1. The van der Waals surface area contributed by atoms with E-state index in [0.717, 1.165) is 17.8 Å². The molecule has 0 saturated heterocycles. The molecule has 0 aliphatic rings. The molecule has 0 aliphatic carbocycles. The summed E-state index contributed by atoms with van der Waals surface area (Å²) in [7, 11) is 1.94. The summed E-state index contributed by atoms with van der Waals surface area (Å²) in [4.78, 5) is 4.40. The molecule has 19 heavy (non-hydrogen) atoms. The monoisotopic (exact) mass is 256 g/mol. The lowest BCUT2D eigenvalue weighted by atomic mass is 10.2. The van der Waals surface area contributed by atoms with Gasteiger partial charge < -0.3 is 5.32 Å². The number of nitrogens with zero attached hydrogens (tertiary/aromatic N) is 5. The highest BCUT2D eigenvalue weighted by Crippen LogP contribution is 2.10. The standard InChI is InChI=1S/C13H16N6/c1-3-11-10(9-18(2)16-11)8-14-13-15-12-6-4-5-7-19(12)17-13/h4-7,9H,3,8H2,1-2H3,(H,14,17). The van der Waals surface area contributed by atoms with Crippen molar-refractivity contribution < 1.29 is 0 Å². The summed E-state index contributed by atoms with van der Waals surface area (Å²) in [6.45, 7) is 2.79. The Morgan fingerprint density at radius 1 is 1.26 bits per heavy atom. The Kier molecular flexibility index (Phi) is 2.91. The first-order valence-electron chi connectivity index (χ1n) is 6.33. The van der Waals surface area contributed by atoms with E-state index in [1.165, 1.54) is 5.56 Å². The summed E-state index contributed by atoms with van der Waals surface area (Å²) < 4.78 is 3.60. The van der Waals surface area contributed by atoms with Crippen LogP contribution in [0.15, 0.2) is 30.6 Å².